The first-order chi connectivity index (χ1) is 14.7. The van der Waals surface area contributed by atoms with E-state index in [1.165, 1.54) is 19.4 Å². The molecule has 0 radical (unpaired) electrons. The second-order valence-electron chi connectivity index (χ2n) is 7.11. The Morgan fingerprint density at radius 2 is 2.00 bits per heavy atom. The Hall–Kier alpha value is -2.22. The summed E-state index contributed by atoms with van der Waals surface area (Å²) in [6.07, 6.45) is -3.28. The Morgan fingerprint density at radius 3 is 2.62 bits per heavy atom. The van der Waals surface area contributed by atoms with E-state index in [9.17, 15) is 18.3 Å². The van der Waals surface area contributed by atoms with Crippen LogP contribution in [0.2, 0.25) is 0 Å². The predicted molar refractivity (Wildman–Crippen MR) is 124 cm³/mol. The number of para-hydroxylation sites is 2. The number of aliphatic imine (C=N–C) groups is 1. The van der Waals surface area contributed by atoms with Crippen LogP contribution < -0.4 is 20.1 Å². The third kappa shape index (κ3) is 5.97. The number of alkyl halides is 3. The number of nitrogens with one attached hydrogen (secondary N) is 2. The molecule has 12 heteroatoms. The molecule has 0 saturated carbocycles. The molecule has 0 saturated heterocycles. The summed E-state index contributed by atoms with van der Waals surface area (Å²) < 4.78 is 53.5. The molecule has 2 atom stereocenters. The molecule has 0 fully saturated rings. The van der Waals surface area contributed by atoms with Gasteiger partial charge in [0.2, 0.25) is 5.60 Å². The number of nitrogens with zero attached hydrogens (tertiary/aromatic N) is 3. The summed E-state index contributed by atoms with van der Waals surface area (Å²) in [7, 11) is 1.41. The lowest BCUT2D eigenvalue weighted by Gasteiger charge is -2.30. The number of benzene rings is 1. The van der Waals surface area contributed by atoms with Crippen LogP contribution in [-0.4, -0.2) is 59.1 Å². The van der Waals surface area contributed by atoms with Gasteiger partial charge >= 0.3 is 6.18 Å². The lowest BCUT2D eigenvalue weighted by atomic mass is 9.97. The van der Waals surface area contributed by atoms with E-state index in [0.29, 0.717) is 30.6 Å². The van der Waals surface area contributed by atoms with Crippen LogP contribution in [0.25, 0.3) is 0 Å². The number of imidazole rings is 1. The Morgan fingerprint density at radius 1 is 1.28 bits per heavy atom. The molecule has 0 spiro atoms. The van der Waals surface area contributed by atoms with Gasteiger partial charge in [-0.2, -0.15) is 13.2 Å². The van der Waals surface area contributed by atoms with Crippen LogP contribution in [0, 0.1) is 0 Å². The van der Waals surface area contributed by atoms with Gasteiger partial charge in [0.15, 0.2) is 23.6 Å². The topological polar surface area (TPSA) is 92.9 Å². The minimum absolute atomic E-state index is 0. The van der Waals surface area contributed by atoms with Crippen molar-refractivity contribution < 1.29 is 27.8 Å². The number of guanidine groups is 1. The number of rotatable bonds is 7. The molecule has 178 valence electrons. The predicted octanol–water partition coefficient (Wildman–Crippen LogP) is 2.57. The summed E-state index contributed by atoms with van der Waals surface area (Å²) in [4.78, 5) is 8.07. The zero-order valence-electron chi connectivity index (χ0n) is 17.7. The average molecular weight is 569 g/mol. The highest BCUT2D eigenvalue weighted by atomic mass is 127. The summed E-state index contributed by atoms with van der Waals surface area (Å²) >= 11 is 0. The number of aliphatic hydroxyl groups is 1. The van der Waals surface area contributed by atoms with Crippen molar-refractivity contribution in [2.24, 2.45) is 12.0 Å². The summed E-state index contributed by atoms with van der Waals surface area (Å²) in [6, 6.07) is 7.29. The molecule has 3 rings (SSSR count). The number of hydrogen-bond acceptors (Lipinski definition) is 5. The van der Waals surface area contributed by atoms with Gasteiger partial charge in [0.1, 0.15) is 12.4 Å². The third-order valence-electron chi connectivity index (χ3n) is 4.80. The molecule has 8 nitrogen and oxygen atoms in total. The fraction of sp³-hybridized carbons (Fsp3) is 0.500. The maximum atomic E-state index is 13.6. The second kappa shape index (κ2) is 11.1. The number of aryl methyl sites for hydroxylation is 1. The monoisotopic (exact) mass is 569 g/mol. The summed E-state index contributed by atoms with van der Waals surface area (Å²) in [6.45, 7) is 2.73. The maximum Gasteiger partial charge on any atom is 0.424 e. The standard InChI is InChI=1S/C20H26F3N5O3.HI/c1-3-24-18(27-12-14-13-30-15-6-4-5-7-16(15)31-14)26-9-8-19(29,20(21,22)23)17-25-10-11-28(17)2;/h4-7,10-11,14,29H,3,8-9,12-13H2,1-2H3,(H2,24,26,27);1H. The number of ether oxygens (including phenoxy) is 2. The number of fused-ring (bicyclic) bond motifs is 1. The van der Waals surface area contributed by atoms with Gasteiger partial charge in [-0.25, -0.2) is 9.98 Å². The van der Waals surface area contributed by atoms with Gasteiger partial charge < -0.3 is 29.8 Å². The van der Waals surface area contributed by atoms with Crippen molar-refractivity contribution in [2.75, 3.05) is 26.2 Å². The lowest BCUT2D eigenvalue weighted by Crippen LogP contribution is -2.48. The average Bonchev–Trinajstić information content (AvgIpc) is 3.17. The van der Waals surface area contributed by atoms with Gasteiger partial charge in [-0.15, -0.1) is 24.0 Å². The van der Waals surface area contributed by atoms with Crippen LogP contribution in [0.5, 0.6) is 11.5 Å². The van der Waals surface area contributed by atoms with E-state index >= 15 is 0 Å². The van der Waals surface area contributed by atoms with Crippen molar-refractivity contribution in [1.29, 1.82) is 0 Å². The largest absolute Gasteiger partial charge is 0.486 e. The van der Waals surface area contributed by atoms with Crippen molar-refractivity contribution >= 4 is 29.9 Å². The maximum absolute atomic E-state index is 13.6. The Labute approximate surface area is 201 Å². The Bertz CT molecular complexity index is 909. The van der Waals surface area contributed by atoms with Gasteiger partial charge in [0.05, 0.1) is 6.54 Å². The molecule has 32 heavy (non-hydrogen) atoms. The second-order valence-corrected chi connectivity index (χ2v) is 7.11. The first-order valence-corrected chi connectivity index (χ1v) is 9.92. The molecule has 2 heterocycles. The van der Waals surface area contributed by atoms with Crippen LogP contribution >= 0.6 is 24.0 Å². The molecular formula is C20H27F3IN5O3. The van der Waals surface area contributed by atoms with Crippen molar-refractivity contribution in [2.45, 2.75) is 31.2 Å². The molecule has 3 N–H and O–H groups in total. The summed E-state index contributed by atoms with van der Waals surface area (Å²) in [5, 5.41) is 16.2. The minimum atomic E-state index is -4.88. The minimum Gasteiger partial charge on any atom is -0.486 e. The van der Waals surface area contributed by atoms with Gasteiger partial charge in [-0.05, 0) is 19.1 Å². The van der Waals surface area contributed by atoms with Gasteiger partial charge in [0.25, 0.3) is 0 Å². The van der Waals surface area contributed by atoms with Crippen molar-refractivity contribution in [1.82, 2.24) is 20.2 Å². The smallest absolute Gasteiger partial charge is 0.424 e. The van der Waals surface area contributed by atoms with Gasteiger partial charge in [0, 0.05) is 39.0 Å². The number of aromatic nitrogens is 2. The van der Waals surface area contributed by atoms with Crippen LogP contribution in [0.4, 0.5) is 13.2 Å². The van der Waals surface area contributed by atoms with Crippen molar-refractivity contribution in [3.05, 3.63) is 42.5 Å². The fourth-order valence-electron chi connectivity index (χ4n) is 3.19. The molecule has 1 aromatic carbocycles. The quantitative estimate of drug-likeness (QED) is 0.270. The third-order valence-corrected chi connectivity index (χ3v) is 4.80. The van der Waals surface area contributed by atoms with E-state index in [1.807, 2.05) is 25.1 Å². The van der Waals surface area contributed by atoms with Crippen molar-refractivity contribution in [3.63, 3.8) is 0 Å². The van der Waals surface area contributed by atoms with Crippen LogP contribution in [0.3, 0.4) is 0 Å². The first-order valence-electron chi connectivity index (χ1n) is 9.92. The van der Waals surface area contributed by atoms with E-state index in [1.54, 1.807) is 6.07 Å². The van der Waals surface area contributed by atoms with E-state index < -0.39 is 24.0 Å². The molecule has 2 aromatic rings. The Kier molecular flexibility index (Phi) is 9.01. The molecule has 0 bridgehead atoms. The lowest BCUT2D eigenvalue weighted by molar-refractivity contribution is -0.272. The highest BCUT2D eigenvalue weighted by Gasteiger charge is 2.57. The molecule has 0 amide bonds. The molecule has 2 unspecified atom stereocenters. The molecular weight excluding hydrogens is 542 g/mol. The zero-order chi connectivity index (χ0) is 22.5. The molecule has 1 aliphatic heterocycles. The van der Waals surface area contributed by atoms with Crippen LogP contribution in [0.15, 0.2) is 41.7 Å². The van der Waals surface area contributed by atoms with Crippen LogP contribution in [-0.2, 0) is 12.6 Å². The van der Waals surface area contributed by atoms with Crippen LogP contribution in [0.1, 0.15) is 19.2 Å². The van der Waals surface area contributed by atoms with E-state index in [4.69, 9.17) is 9.47 Å². The highest BCUT2D eigenvalue weighted by Crippen LogP contribution is 2.40. The Balaban J connectivity index is 0.00000363. The summed E-state index contributed by atoms with van der Waals surface area (Å²) in [5.74, 6) is 1.13. The molecule has 0 aliphatic carbocycles. The SMILES string of the molecule is CCNC(=NCC1COc2ccccc2O1)NCCC(O)(c1nccn1C)C(F)(F)F.I. The normalized spacial score (nSPS) is 17.8. The van der Waals surface area contributed by atoms with Gasteiger partial charge in [-0.3, -0.25) is 0 Å². The fourth-order valence-corrected chi connectivity index (χ4v) is 3.19. The highest BCUT2D eigenvalue weighted by molar-refractivity contribution is 14.0. The van der Waals surface area contributed by atoms with E-state index in [-0.39, 0.29) is 43.2 Å². The van der Waals surface area contributed by atoms with Crippen molar-refractivity contribution in [3.8, 4) is 11.5 Å². The summed E-state index contributed by atoms with van der Waals surface area (Å²) in [5.41, 5.74) is -3.08. The first kappa shape index (κ1) is 26.0. The van der Waals surface area contributed by atoms with E-state index in [2.05, 4.69) is 20.6 Å². The number of hydrogen-bond donors (Lipinski definition) is 3. The van der Waals surface area contributed by atoms with Gasteiger partial charge in [-0.1, -0.05) is 12.1 Å². The molecule has 1 aromatic heterocycles. The van der Waals surface area contributed by atoms with E-state index in [0.717, 1.165) is 4.57 Å². The molecule has 1 aliphatic rings. The zero-order valence-corrected chi connectivity index (χ0v) is 20.1. The number of halogens is 4.